The molecule has 1 aromatic rings. The fraction of sp³-hybridized carbons (Fsp3) is 0.579. The lowest BCUT2D eigenvalue weighted by molar-refractivity contribution is 0.0220. The van der Waals surface area contributed by atoms with Crippen molar-refractivity contribution in [2.24, 2.45) is 4.99 Å². The number of morpholine rings is 1. The topological polar surface area (TPSA) is 78.0 Å². The predicted molar refractivity (Wildman–Crippen MR) is 125 cm³/mol. The van der Waals surface area contributed by atoms with Crippen LogP contribution >= 0.6 is 35.6 Å². The molecule has 1 amide bonds. The molecule has 1 fully saturated rings. The van der Waals surface area contributed by atoms with Gasteiger partial charge in [0.1, 0.15) is 0 Å². The summed E-state index contributed by atoms with van der Waals surface area (Å²) in [6, 6.07) is 7.39. The Morgan fingerprint density at radius 3 is 2.57 bits per heavy atom. The molecule has 9 heteroatoms. The van der Waals surface area contributed by atoms with Crippen LogP contribution in [0.3, 0.4) is 0 Å². The van der Waals surface area contributed by atoms with E-state index in [1.165, 1.54) is 0 Å². The van der Waals surface area contributed by atoms with E-state index in [-0.39, 0.29) is 29.9 Å². The van der Waals surface area contributed by atoms with Crippen LogP contribution in [0.25, 0.3) is 0 Å². The number of hydrogen-bond donors (Lipinski definition) is 3. The molecule has 1 heterocycles. The zero-order valence-electron chi connectivity index (χ0n) is 16.5. The first-order valence-corrected chi connectivity index (χ1v) is 9.86. The summed E-state index contributed by atoms with van der Waals surface area (Å²) in [7, 11) is 0. The molecule has 158 valence electrons. The van der Waals surface area contributed by atoms with Crippen LogP contribution in [0.5, 0.6) is 0 Å². The summed E-state index contributed by atoms with van der Waals surface area (Å²) in [4.78, 5) is 19.2. The third-order valence-electron chi connectivity index (χ3n) is 4.35. The molecular weight excluding hydrogens is 493 g/mol. The van der Waals surface area contributed by atoms with E-state index >= 15 is 0 Å². The van der Waals surface area contributed by atoms with E-state index in [0.29, 0.717) is 36.3 Å². The number of halogens is 2. The van der Waals surface area contributed by atoms with E-state index in [2.05, 4.69) is 32.8 Å². The first kappa shape index (κ1) is 24.9. The largest absolute Gasteiger partial charge is 0.379 e. The van der Waals surface area contributed by atoms with Gasteiger partial charge in [-0.05, 0) is 26.0 Å². The minimum atomic E-state index is -0.176. The molecule has 1 atom stereocenters. The van der Waals surface area contributed by atoms with Crippen LogP contribution in [0.1, 0.15) is 24.2 Å². The summed E-state index contributed by atoms with van der Waals surface area (Å²) < 4.78 is 5.39. The van der Waals surface area contributed by atoms with Crippen molar-refractivity contribution in [2.75, 3.05) is 52.5 Å². The van der Waals surface area contributed by atoms with Crippen LogP contribution in [0, 0.1) is 0 Å². The van der Waals surface area contributed by atoms with Crippen molar-refractivity contribution in [1.82, 2.24) is 20.9 Å². The van der Waals surface area contributed by atoms with Gasteiger partial charge in [-0.15, -0.1) is 24.0 Å². The first-order chi connectivity index (χ1) is 13.1. The minimum absolute atomic E-state index is 0. The zero-order chi connectivity index (χ0) is 19.5. The van der Waals surface area contributed by atoms with Gasteiger partial charge in [-0.2, -0.15) is 0 Å². The predicted octanol–water partition coefficient (Wildman–Crippen LogP) is 1.96. The Balaban J connectivity index is 0.00000392. The van der Waals surface area contributed by atoms with Crippen molar-refractivity contribution >= 4 is 47.4 Å². The molecule has 0 spiro atoms. The molecule has 2 rings (SSSR count). The van der Waals surface area contributed by atoms with E-state index in [1.54, 1.807) is 24.3 Å². The van der Waals surface area contributed by atoms with E-state index in [4.69, 9.17) is 16.3 Å². The number of guanidine groups is 1. The van der Waals surface area contributed by atoms with E-state index in [1.807, 2.05) is 6.92 Å². The van der Waals surface area contributed by atoms with Crippen molar-refractivity contribution in [2.45, 2.75) is 19.9 Å². The second kappa shape index (κ2) is 14.0. The highest BCUT2D eigenvalue weighted by molar-refractivity contribution is 14.0. The highest BCUT2D eigenvalue weighted by Crippen LogP contribution is 2.14. The molecule has 0 aliphatic carbocycles. The quantitative estimate of drug-likeness (QED) is 0.210. The second-order valence-electron chi connectivity index (χ2n) is 6.38. The van der Waals surface area contributed by atoms with Gasteiger partial charge in [-0.3, -0.25) is 14.7 Å². The molecule has 1 saturated heterocycles. The molecule has 28 heavy (non-hydrogen) atoms. The standard InChI is InChI=1S/C19H30ClN5O2.HI/c1-3-21-19(24-14-15(2)25-10-12-27-13-11-25)23-9-8-22-18(26)16-6-4-5-7-17(16)20;/h4-7,15H,3,8-14H2,1-2H3,(H,22,26)(H2,21,23,24);1H. The van der Waals surface area contributed by atoms with Crippen LogP contribution in [-0.2, 0) is 4.74 Å². The second-order valence-corrected chi connectivity index (χ2v) is 6.79. The van der Waals surface area contributed by atoms with Gasteiger partial charge in [0.25, 0.3) is 5.91 Å². The SMILES string of the molecule is CCNC(=NCC(C)N1CCOCC1)NCCNC(=O)c1ccccc1Cl.I. The third kappa shape index (κ3) is 8.50. The average molecular weight is 524 g/mol. The lowest BCUT2D eigenvalue weighted by Gasteiger charge is -2.31. The maximum Gasteiger partial charge on any atom is 0.252 e. The maximum atomic E-state index is 12.1. The summed E-state index contributed by atoms with van der Waals surface area (Å²) in [5.41, 5.74) is 0.485. The number of rotatable bonds is 8. The van der Waals surface area contributed by atoms with Crippen LogP contribution in [-0.4, -0.2) is 75.3 Å². The number of carbonyl (C=O) groups is 1. The number of nitrogens with zero attached hydrogens (tertiary/aromatic N) is 2. The van der Waals surface area contributed by atoms with Gasteiger partial charge in [0.05, 0.1) is 30.3 Å². The van der Waals surface area contributed by atoms with Gasteiger partial charge in [0.15, 0.2) is 5.96 Å². The van der Waals surface area contributed by atoms with Crippen molar-refractivity contribution < 1.29 is 9.53 Å². The average Bonchev–Trinajstić information content (AvgIpc) is 2.69. The van der Waals surface area contributed by atoms with Gasteiger partial charge in [0.2, 0.25) is 0 Å². The summed E-state index contributed by atoms with van der Waals surface area (Å²) in [6.45, 7) is 10.2. The van der Waals surface area contributed by atoms with Crippen molar-refractivity contribution in [3.05, 3.63) is 34.9 Å². The molecule has 0 saturated carbocycles. The van der Waals surface area contributed by atoms with Crippen molar-refractivity contribution in [3.63, 3.8) is 0 Å². The van der Waals surface area contributed by atoms with Gasteiger partial charge in [-0.1, -0.05) is 23.7 Å². The summed E-state index contributed by atoms with van der Waals surface area (Å²) in [5.74, 6) is 0.579. The lowest BCUT2D eigenvalue weighted by atomic mass is 10.2. The van der Waals surface area contributed by atoms with Crippen LogP contribution in [0.4, 0.5) is 0 Å². The highest BCUT2D eigenvalue weighted by Gasteiger charge is 2.16. The monoisotopic (exact) mass is 523 g/mol. The summed E-state index contributed by atoms with van der Waals surface area (Å²) >= 11 is 6.04. The first-order valence-electron chi connectivity index (χ1n) is 9.48. The number of carbonyl (C=O) groups excluding carboxylic acids is 1. The lowest BCUT2D eigenvalue weighted by Crippen LogP contribution is -2.45. The number of hydrogen-bond acceptors (Lipinski definition) is 4. The Morgan fingerprint density at radius 1 is 1.21 bits per heavy atom. The molecule has 7 nitrogen and oxygen atoms in total. The van der Waals surface area contributed by atoms with Crippen LogP contribution in [0.15, 0.2) is 29.3 Å². The van der Waals surface area contributed by atoms with E-state index in [0.717, 1.165) is 38.8 Å². The van der Waals surface area contributed by atoms with Gasteiger partial charge < -0.3 is 20.7 Å². The Morgan fingerprint density at radius 2 is 1.89 bits per heavy atom. The van der Waals surface area contributed by atoms with Crippen molar-refractivity contribution in [1.29, 1.82) is 0 Å². The Kier molecular flexibility index (Phi) is 12.4. The minimum Gasteiger partial charge on any atom is -0.379 e. The normalized spacial score (nSPS) is 16.0. The molecule has 1 unspecified atom stereocenters. The van der Waals surface area contributed by atoms with Gasteiger partial charge in [0, 0.05) is 38.8 Å². The zero-order valence-corrected chi connectivity index (χ0v) is 19.6. The number of benzene rings is 1. The van der Waals surface area contributed by atoms with Gasteiger partial charge in [-0.25, -0.2) is 0 Å². The van der Waals surface area contributed by atoms with Crippen LogP contribution < -0.4 is 16.0 Å². The number of nitrogens with one attached hydrogen (secondary N) is 3. The number of aliphatic imine (C=N–C) groups is 1. The molecule has 0 aromatic heterocycles. The molecule has 0 radical (unpaired) electrons. The molecule has 1 aliphatic rings. The summed E-state index contributed by atoms with van der Waals surface area (Å²) in [5, 5.41) is 9.80. The summed E-state index contributed by atoms with van der Waals surface area (Å²) in [6.07, 6.45) is 0. The Hall–Kier alpha value is -1.10. The molecule has 3 N–H and O–H groups in total. The molecule has 0 bridgehead atoms. The highest BCUT2D eigenvalue weighted by atomic mass is 127. The number of amides is 1. The molecule has 1 aliphatic heterocycles. The maximum absolute atomic E-state index is 12.1. The van der Waals surface area contributed by atoms with Crippen LogP contribution in [0.2, 0.25) is 5.02 Å². The third-order valence-corrected chi connectivity index (χ3v) is 4.68. The fourth-order valence-electron chi connectivity index (χ4n) is 2.80. The van der Waals surface area contributed by atoms with Gasteiger partial charge >= 0.3 is 0 Å². The van der Waals surface area contributed by atoms with E-state index < -0.39 is 0 Å². The fourth-order valence-corrected chi connectivity index (χ4v) is 3.02. The Labute approximate surface area is 189 Å². The Bertz CT molecular complexity index is 626. The van der Waals surface area contributed by atoms with Crippen molar-refractivity contribution in [3.8, 4) is 0 Å². The smallest absolute Gasteiger partial charge is 0.252 e. The molecular formula is C19H31ClIN5O2. The molecule has 1 aromatic carbocycles. The number of ether oxygens (including phenoxy) is 1. The van der Waals surface area contributed by atoms with E-state index in [9.17, 15) is 4.79 Å².